The summed E-state index contributed by atoms with van der Waals surface area (Å²) in [6.45, 7) is 1.81. The molecule has 5 nitrogen and oxygen atoms in total. The van der Waals surface area contributed by atoms with E-state index in [1.807, 2.05) is 6.92 Å². The number of pyridine rings is 1. The largest absolute Gasteiger partial charge is 0.465 e. The number of halogens is 1. The molecule has 7 heteroatoms. The lowest BCUT2D eigenvalue weighted by molar-refractivity contribution is 0.0607. The van der Waals surface area contributed by atoms with Crippen molar-refractivity contribution in [2.75, 3.05) is 12.4 Å². The van der Waals surface area contributed by atoms with Crippen LogP contribution < -0.4 is 5.32 Å². The van der Waals surface area contributed by atoms with Crippen molar-refractivity contribution in [3.05, 3.63) is 44.3 Å². The van der Waals surface area contributed by atoms with Crippen LogP contribution in [0.3, 0.4) is 0 Å². The molecule has 0 aliphatic rings. The first kappa shape index (κ1) is 14.7. The van der Waals surface area contributed by atoms with Gasteiger partial charge in [0, 0.05) is 10.7 Å². The molecular weight excluding hydrogens is 344 g/mol. The lowest BCUT2D eigenvalue weighted by Gasteiger charge is -2.06. The number of rotatable bonds is 3. The third kappa shape index (κ3) is 3.05. The van der Waals surface area contributed by atoms with Crippen LogP contribution in [-0.2, 0) is 4.74 Å². The lowest BCUT2D eigenvalue weighted by atomic mass is 10.2. The molecule has 0 fully saturated rings. The number of ether oxygens (including phenoxy) is 1. The molecule has 2 aromatic heterocycles. The van der Waals surface area contributed by atoms with E-state index in [0.717, 1.165) is 10.0 Å². The predicted octanol–water partition coefficient (Wildman–Crippen LogP) is 3.25. The van der Waals surface area contributed by atoms with Crippen LogP contribution in [0.2, 0.25) is 0 Å². The van der Waals surface area contributed by atoms with Crippen molar-refractivity contribution >= 4 is 44.8 Å². The van der Waals surface area contributed by atoms with Gasteiger partial charge >= 0.3 is 5.97 Å². The Morgan fingerprint density at radius 1 is 1.40 bits per heavy atom. The van der Waals surface area contributed by atoms with Crippen LogP contribution in [-0.4, -0.2) is 24.0 Å². The second-order valence-electron chi connectivity index (χ2n) is 3.93. The maximum atomic E-state index is 12.1. The van der Waals surface area contributed by atoms with Gasteiger partial charge in [-0.1, -0.05) is 0 Å². The molecule has 0 radical (unpaired) electrons. The van der Waals surface area contributed by atoms with Crippen molar-refractivity contribution in [1.29, 1.82) is 0 Å². The van der Waals surface area contributed by atoms with Crippen molar-refractivity contribution in [1.82, 2.24) is 4.98 Å². The van der Waals surface area contributed by atoms with Gasteiger partial charge in [-0.3, -0.25) is 4.79 Å². The summed E-state index contributed by atoms with van der Waals surface area (Å²) in [6, 6.07) is 3.32. The quantitative estimate of drug-likeness (QED) is 0.859. The number of anilines is 1. The first-order valence-electron chi connectivity index (χ1n) is 5.62. The van der Waals surface area contributed by atoms with Gasteiger partial charge in [0.2, 0.25) is 0 Å². The van der Waals surface area contributed by atoms with Gasteiger partial charge in [-0.05, 0) is 45.9 Å². The van der Waals surface area contributed by atoms with E-state index >= 15 is 0 Å². The Morgan fingerprint density at radius 3 is 2.75 bits per heavy atom. The topological polar surface area (TPSA) is 68.3 Å². The number of esters is 1. The number of aryl methyl sites for hydroxylation is 1. The van der Waals surface area contributed by atoms with Gasteiger partial charge in [0.05, 0.1) is 12.8 Å². The van der Waals surface area contributed by atoms with E-state index in [-0.39, 0.29) is 11.6 Å². The van der Waals surface area contributed by atoms with Crippen LogP contribution in [0.5, 0.6) is 0 Å². The zero-order valence-electron chi connectivity index (χ0n) is 10.8. The molecule has 1 N–H and O–H groups in total. The Balaban J connectivity index is 2.26. The first-order valence-corrected chi connectivity index (χ1v) is 7.29. The van der Waals surface area contributed by atoms with Crippen molar-refractivity contribution in [2.45, 2.75) is 6.92 Å². The second kappa shape index (κ2) is 6.15. The molecule has 0 unspecified atom stereocenters. The number of nitrogens with zero attached hydrogens (tertiary/aromatic N) is 1. The Labute approximate surface area is 128 Å². The minimum atomic E-state index is -0.470. The molecule has 1 amide bonds. The molecular formula is C13H11BrN2O3S. The summed E-state index contributed by atoms with van der Waals surface area (Å²) < 4.78 is 5.48. The van der Waals surface area contributed by atoms with E-state index in [4.69, 9.17) is 4.74 Å². The van der Waals surface area contributed by atoms with E-state index in [1.54, 1.807) is 17.5 Å². The van der Waals surface area contributed by atoms with E-state index in [2.05, 4.69) is 26.2 Å². The summed E-state index contributed by atoms with van der Waals surface area (Å²) in [6.07, 6.45) is 1.54. The number of nitrogens with one attached hydrogen (secondary N) is 1. The van der Waals surface area contributed by atoms with Crippen LogP contribution in [0.25, 0.3) is 0 Å². The highest BCUT2D eigenvalue weighted by Crippen LogP contribution is 2.28. The van der Waals surface area contributed by atoms with Gasteiger partial charge < -0.3 is 10.1 Å². The van der Waals surface area contributed by atoms with Crippen LogP contribution in [0.4, 0.5) is 5.69 Å². The molecule has 2 heterocycles. The van der Waals surface area contributed by atoms with Gasteiger partial charge in [0.25, 0.3) is 5.91 Å². The summed E-state index contributed by atoms with van der Waals surface area (Å²) >= 11 is 4.48. The summed E-state index contributed by atoms with van der Waals surface area (Å²) in [5.74, 6) is -0.841. The highest BCUT2D eigenvalue weighted by Gasteiger charge is 2.19. The standard InChI is InChI=1S/C13H11BrN2O3S/c1-7-6-20-11(13(18)19-2)10(7)16-12(17)9-4-3-8(14)5-15-9/h3-6H,1-2H3,(H,16,17). The Morgan fingerprint density at radius 2 is 2.15 bits per heavy atom. The maximum Gasteiger partial charge on any atom is 0.350 e. The Bertz CT molecular complexity index is 652. The van der Waals surface area contributed by atoms with Gasteiger partial charge in [-0.2, -0.15) is 0 Å². The molecule has 104 valence electrons. The summed E-state index contributed by atoms with van der Waals surface area (Å²) in [4.78, 5) is 28.1. The molecule has 2 rings (SSSR count). The number of methoxy groups -OCH3 is 1. The summed E-state index contributed by atoms with van der Waals surface area (Å²) in [5, 5.41) is 4.49. The smallest absolute Gasteiger partial charge is 0.350 e. The van der Waals surface area contributed by atoms with Crippen LogP contribution in [0.1, 0.15) is 25.7 Å². The van der Waals surface area contributed by atoms with Gasteiger partial charge in [-0.15, -0.1) is 11.3 Å². The Hall–Kier alpha value is -1.73. The third-order valence-corrected chi connectivity index (χ3v) is 4.09. The molecule has 0 aliphatic carbocycles. The number of thiophene rings is 1. The SMILES string of the molecule is COC(=O)c1scc(C)c1NC(=O)c1ccc(Br)cn1. The fraction of sp³-hybridized carbons (Fsp3) is 0.154. The zero-order valence-corrected chi connectivity index (χ0v) is 13.2. The molecule has 0 spiro atoms. The average Bonchev–Trinajstić information content (AvgIpc) is 2.80. The molecule has 0 atom stereocenters. The molecule has 0 saturated heterocycles. The van der Waals surface area contributed by atoms with Crippen LogP contribution in [0.15, 0.2) is 28.2 Å². The summed E-state index contributed by atoms with van der Waals surface area (Å²) in [7, 11) is 1.30. The lowest BCUT2D eigenvalue weighted by Crippen LogP contribution is -2.16. The molecule has 0 saturated carbocycles. The highest BCUT2D eigenvalue weighted by molar-refractivity contribution is 9.10. The van der Waals surface area contributed by atoms with E-state index in [9.17, 15) is 9.59 Å². The molecule has 0 bridgehead atoms. The van der Waals surface area contributed by atoms with Crippen molar-refractivity contribution < 1.29 is 14.3 Å². The van der Waals surface area contributed by atoms with Gasteiger partial charge in [0.15, 0.2) is 0 Å². The minimum Gasteiger partial charge on any atom is -0.465 e. The monoisotopic (exact) mass is 354 g/mol. The number of hydrogen-bond acceptors (Lipinski definition) is 5. The molecule has 0 aromatic carbocycles. The minimum absolute atomic E-state index is 0.273. The number of amides is 1. The van der Waals surface area contributed by atoms with Gasteiger partial charge in [-0.25, -0.2) is 9.78 Å². The van der Waals surface area contributed by atoms with E-state index in [1.165, 1.54) is 24.6 Å². The van der Waals surface area contributed by atoms with Crippen molar-refractivity contribution in [3.63, 3.8) is 0 Å². The first-order chi connectivity index (χ1) is 9.52. The van der Waals surface area contributed by atoms with E-state index in [0.29, 0.717) is 10.6 Å². The second-order valence-corrected chi connectivity index (χ2v) is 5.73. The number of carbonyl (C=O) groups is 2. The average molecular weight is 355 g/mol. The third-order valence-electron chi connectivity index (χ3n) is 2.54. The number of carbonyl (C=O) groups excluding carboxylic acids is 2. The van der Waals surface area contributed by atoms with Gasteiger partial charge in [0.1, 0.15) is 10.6 Å². The van der Waals surface area contributed by atoms with Crippen LogP contribution in [0, 0.1) is 6.92 Å². The Kier molecular flexibility index (Phi) is 4.51. The van der Waals surface area contributed by atoms with Crippen LogP contribution >= 0.6 is 27.3 Å². The van der Waals surface area contributed by atoms with Crippen molar-refractivity contribution in [2.24, 2.45) is 0 Å². The predicted molar refractivity (Wildman–Crippen MR) is 80.3 cm³/mol. The zero-order chi connectivity index (χ0) is 14.7. The number of aromatic nitrogens is 1. The normalized spacial score (nSPS) is 10.2. The number of hydrogen-bond donors (Lipinski definition) is 1. The highest BCUT2D eigenvalue weighted by atomic mass is 79.9. The summed E-state index contributed by atoms with van der Waals surface area (Å²) in [5.41, 5.74) is 1.55. The van der Waals surface area contributed by atoms with Crippen molar-refractivity contribution in [3.8, 4) is 0 Å². The molecule has 0 aliphatic heterocycles. The van der Waals surface area contributed by atoms with E-state index < -0.39 is 5.97 Å². The maximum absolute atomic E-state index is 12.1. The molecule has 20 heavy (non-hydrogen) atoms. The molecule has 2 aromatic rings. The fourth-order valence-electron chi connectivity index (χ4n) is 1.53. The fourth-order valence-corrected chi connectivity index (χ4v) is 2.69.